The highest BCUT2D eigenvalue weighted by molar-refractivity contribution is 5.77. The zero-order valence-corrected chi connectivity index (χ0v) is 12.5. The topological polar surface area (TPSA) is 29.5 Å². The highest BCUT2D eigenvalue weighted by Gasteiger charge is 2.38. The van der Waals surface area contributed by atoms with E-state index in [0.29, 0.717) is 13.0 Å². The van der Waals surface area contributed by atoms with Gasteiger partial charge in [0.05, 0.1) is 5.60 Å². The largest absolute Gasteiger partial charge is 0.375 e. The first-order chi connectivity index (χ1) is 10.3. The lowest BCUT2D eigenvalue weighted by atomic mass is 9.92. The van der Waals surface area contributed by atoms with Gasteiger partial charge in [0.15, 0.2) is 0 Å². The van der Waals surface area contributed by atoms with E-state index in [1.54, 1.807) is 0 Å². The molecule has 0 radical (unpaired) electrons. The molecule has 2 fully saturated rings. The average Bonchev–Trinajstić information content (AvgIpc) is 2.92. The maximum atomic E-state index is 12.2. The first-order valence-corrected chi connectivity index (χ1v) is 7.91. The van der Waals surface area contributed by atoms with E-state index in [1.165, 1.54) is 5.56 Å². The fourth-order valence-electron chi connectivity index (χ4n) is 3.30. The molecule has 3 nitrogen and oxygen atoms in total. The first kappa shape index (κ1) is 14.3. The molecule has 1 amide bonds. The molecule has 0 N–H and O–H groups in total. The molecule has 1 aromatic carbocycles. The van der Waals surface area contributed by atoms with Crippen LogP contribution in [0.4, 0.5) is 0 Å². The Morgan fingerprint density at radius 1 is 1.19 bits per heavy atom. The highest BCUT2D eigenvalue weighted by Crippen LogP contribution is 2.35. The molecule has 3 rings (SSSR count). The van der Waals surface area contributed by atoms with Crippen LogP contribution in [0.5, 0.6) is 0 Å². The van der Waals surface area contributed by atoms with E-state index in [0.717, 1.165) is 38.8 Å². The average molecular weight is 285 g/mol. The van der Waals surface area contributed by atoms with Gasteiger partial charge in [0.25, 0.3) is 0 Å². The Bertz CT molecular complexity index is 503. The lowest BCUT2D eigenvalue weighted by Crippen LogP contribution is -2.32. The number of likely N-dealkylation sites (tertiary alicyclic amines) is 1. The van der Waals surface area contributed by atoms with Gasteiger partial charge in [-0.25, -0.2) is 0 Å². The van der Waals surface area contributed by atoms with Gasteiger partial charge in [-0.2, -0.15) is 0 Å². The third-order valence-corrected chi connectivity index (χ3v) is 4.61. The number of benzene rings is 1. The Morgan fingerprint density at radius 3 is 2.81 bits per heavy atom. The van der Waals surface area contributed by atoms with Crippen molar-refractivity contribution >= 4 is 12.0 Å². The van der Waals surface area contributed by atoms with Crippen molar-refractivity contribution in [2.45, 2.75) is 37.7 Å². The number of nitrogens with zero attached hydrogens (tertiary/aromatic N) is 1. The van der Waals surface area contributed by atoms with Crippen LogP contribution in [0, 0.1) is 0 Å². The van der Waals surface area contributed by atoms with Crippen molar-refractivity contribution in [3.05, 3.63) is 42.0 Å². The molecule has 2 aliphatic heterocycles. The second-order valence-electron chi connectivity index (χ2n) is 6.04. The predicted molar refractivity (Wildman–Crippen MR) is 83.8 cm³/mol. The highest BCUT2D eigenvalue weighted by atomic mass is 16.5. The van der Waals surface area contributed by atoms with E-state index >= 15 is 0 Å². The second kappa shape index (κ2) is 6.44. The Hall–Kier alpha value is -1.61. The van der Waals surface area contributed by atoms with Gasteiger partial charge in [0.1, 0.15) is 0 Å². The summed E-state index contributed by atoms with van der Waals surface area (Å²) < 4.78 is 5.93. The molecule has 2 heterocycles. The lowest BCUT2D eigenvalue weighted by molar-refractivity contribution is -0.130. The van der Waals surface area contributed by atoms with Crippen LogP contribution in [-0.4, -0.2) is 36.1 Å². The number of rotatable bonds is 3. The minimum atomic E-state index is -0.00639. The summed E-state index contributed by atoms with van der Waals surface area (Å²) in [4.78, 5) is 14.2. The maximum Gasteiger partial charge on any atom is 0.222 e. The van der Waals surface area contributed by atoms with Crippen LogP contribution < -0.4 is 0 Å². The minimum Gasteiger partial charge on any atom is -0.375 e. The molecule has 0 aromatic heterocycles. The smallest absolute Gasteiger partial charge is 0.222 e. The molecule has 3 heteroatoms. The molecule has 112 valence electrons. The van der Waals surface area contributed by atoms with Crippen molar-refractivity contribution in [1.29, 1.82) is 0 Å². The summed E-state index contributed by atoms with van der Waals surface area (Å²) in [6.45, 7) is 2.38. The Balaban J connectivity index is 1.58. The zero-order chi connectivity index (χ0) is 14.5. The summed E-state index contributed by atoms with van der Waals surface area (Å²) >= 11 is 0. The summed E-state index contributed by atoms with van der Waals surface area (Å²) in [6, 6.07) is 10.2. The van der Waals surface area contributed by atoms with Gasteiger partial charge >= 0.3 is 0 Å². The molecule has 2 aliphatic rings. The molecule has 1 spiro atoms. The van der Waals surface area contributed by atoms with Crippen LogP contribution in [-0.2, 0) is 9.53 Å². The van der Waals surface area contributed by atoms with E-state index < -0.39 is 0 Å². The van der Waals surface area contributed by atoms with Crippen molar-refractivity contribution in [3.8, 4) is 0 Å². The minimum absolute atomic E-state index is 0.00639. The molecule has 1 unspecified atom stereocenters. The van der Waals surface area contributed by atoms with Gasteiger partial charge in [-0.05, 0) is 31.2 Å². The summed E-state index contributed by atoms with van der Waals surface area (Å²) in [5.41, 5.74) is 1.17. The third kappa shape index (κ3) is 3.53. The fraction of sp³-hybridized carbons (Fsp3) is 0.500. The first-order valence-electron chi connectivity index (χ1n) is 7.91. The Kier molecular flexibility index (Phi) is 4.39. The van der Waals surface area contributed by atoms with Crippen LogP contribution in [0.2, 0.25) is 0 Å². The van der Waals surface area contributed by atoms with E-state index in [-0.39, 0.29) is 11.5 Å². The number of hydrogen-bond acceptors (Lipinski definition) is 2. The van der Waals surface area contributed by atoms with Gasteiger partial charge < -0.3 is 9.64 Å². The normalized spacial score (nSPS) is 26.7. The fourth-order valence-corrected chi connectivity index (χ4v) is 3.30. The SMILES string of the molecule is O=C1CCC2(CCCO2)CCN1C/C=C/c1ccccc1. The van der Waals surface area contributed by atoms with Crippen LogP contribution in [0.25, 0.3) is 6.08 Å². The molecule has 1 aromatic rings. The van der Waals surface area contributed by atoms with Crippen LogP contribution >= 0.6 is 0 Å². The molecule has 21 heavy (non-hydrogen) atoms. The maximum absolute atomic E-state index is 12.2. The number of amides is 1. The second-order valence-corrected chi connectivity index (χ2v) is 6.04. The van der Waals surface area contributed by atoms with Crippen molar-refractivity contribution in [2.75, 3.05) is 19.7 Å². The van der Waals surface area contributed by atoms with Gasteiger partial charge in [0.2, 0.25) is 5.91 Å². The molecule has 0 bridgehead atoms. The van der Waals surface area contributed by atoms with Crippen LogP contribution in [0.15, 0.2) is 36.4 Å². The third-order valence-electron chi connectivity index (χ3n) is 4.61. The number of carbonyl (C=O) groups excluding carboxylic acids is 1. The number of ether oxygens (including phenoxy) is 1. The lowest BCUT2D eigenvalue weighted by Gasteiger charge is -2.26. The number of hydrogen-bond donors (Lipinski definition) is 0. The van der Waals surface area contributed by atoms with Crippen molar-refractivity contribution in [2.24, 2.45) is 0 Å². The molecule has 0 aliphatic carbocycles. The summed E-state index contributed by atoms with van der Waals surface area (Å²) in [6.07, 6.45) is 8.93. The summed E-state index contributed by atoms with van der Waals surface area (Å²) in [7, 11) is 0. The zero-order valence-electron chi connectivity index (χ0n) is 12.5. The molecular formula is C18H23NO2. The van der Waals surface area contributed by atoms with E-state index in [1.807, 2.05) is 23.1 Å². The van der Waals surface area contributed by atoms with Crippen LogP contribution in [0.1, 0.15) is 37.7 Å². The molecular weight excluding hydrogens is 262 g/mol. The Labute approximate surface area is 126 Å². The monoisotopic (exact) mass is 285 g/mol. The summed E-state index contributed by atoms with van der Waals surface area (Å²) in [5, 5.41) is 0. The van der Waals surface area contributed by atoms with E-state index in [2.05, 4.69) is 24.3 Å². The quantitative estimate of drug-likeness (QED) is 0.853. The van der Waals surface area contributed by atoms with Gasteiger partial charge in [-0.15, -0.1) is 0 Å². The molecule has 2 saturated heterocycles. The van der Waals surface area contributed by atoms with Gasteiger partial charge in [0, 0.05) is 26.1 Å². The van der Waals surface area contributed by atoms with Gasteiger partial charge in [-0.3, -0.25) is 4.79 Å². The van der Waals surface area contributed by atoms with Crippen molar-refractivity contribution < 1.29 is 9.53 Å². The number of carbonyl (C=O) groups is 1. The standard InChI is InChI=1S/C18H23NO2/c20-17-9-11-18(10-5-15-21-18)12-14-19(17)13-4-8-16-6-2-1-3-7-16/h1-4,6-8H,5,9-15H2/b8-4+. The Morgan fingerprint density at radius 2 is 2.05 bits per heavy atom. The predicted octanol–water partition coefficient (Wildman–Crippen LogP) is 3.26. The van der Waals surface area contributed by atoms with Crippen molar-refractivity contribution in [3.63, 3.8) is 0 Å². The van der Waals surface area contributed by atoms with Crippen molar-refractivity contribution in [1.82, 2.24) is 4.90 Å². The molecule has 0 saturated carbocycles. The van der Waals surface area contributed by atoms with Gasteiger partial charge in [-0.1, -0.05) is 42.5 Å². The summed E-state index contributed by atoms with van der Waals surface area (Å²) in [5.74, 6) is 0.264. The molecule has 1 atom stereocenters. The van der Waals surface area contributed by atoms with E-state index in [4.69, 9.17) is 4.74 Å². The van der Waals surface area contributed by atoms with Crippen LogP contribution in [0.3, 0.4) is 0 Å². The van der Waals surface area contributed by atoms with E-state index in [9.17, 15) is 4.79 Å².